The monoisotopic (exact) mass is 409 g/mol. The molecule has 0 N–H and O–H groups in total. The minimum absolute atomic E-state index is 0.0383. The molecule has 0 spiro atoms. The number of ether oxygens (including phenoxy) is 2. The van der Waals surface area contributed by atoms with E-state index in [2.05, 4.69) is 4.98 Å². The molecule has 0 fully saturated rings. The Morgan fingerprint density at radius 3 is 2.69 bits per heavy atom. The summed E-state index contributed by atoms with van der Waals surface area (Å²) in [4.78, 5) is 29.6. The van der Waals surface area contributed by atoms with Crippen LogP contribution in [0.5, 0.6) is 11.6 Å². The van der Waals surface area contributed by atoms with Crippen molar-refractivity contribution in [2.75, 3.05) is 6.61 Å². The van der Waals surface area contributed by atoms with E-state index in [4.69, 9.17) is 21.1 Å². The third-order valence-corrected chi connectivity index (χ3v) is 4.23. The van der Waals surface area contributed by atoms with Crippen LogP contribution in [0.3, 0.4) is 0 Å². The fraction of sp³-hybridized carbons (Fsp3) is 0.143. The van der Waals surface area contributed by atoms with Crippen LogP contribution in [0.2, 0.25) is 5.02 Å². The second-order valence-electron chi connectivity index (χ2n) is 5.97. The second-order valence-corrected chi connectivity index (χ2v) is 6.40. The van der Waals surface area contributed by atoms with Gasteiger partial charge >= 0.3 is 5.97 Å². The zero-order valence-electron chi connectivity index (χ0n) is 15.7. The Labute approximate surface area is 171 Å². The summed E-state index contributed by atoms with van der Waals surface area (Å²) in [7, 11) is 0. The Bertz CT molecular complexity index is 1210. The van der Waals surface area contributed by atoms with Crippen LogP contribution in [0.25, 0.3) is 11.7 Å². The van der Waals surface area contributed by atoms with Crippen molar-refractivity contribution >= 4 is 29.3 Å². The van der Waals surface area contributed by atoms with Crippen LogP contribution in [0.4, 0.5) is 0 Å². The molecule has 3 aromatic rings. The number of aromatic nitrogens is 2. The number of halogens is 1. The molecule has 0 unspecified atom stereocenters. The average Bonchev–Trinajstić information content (AvgIpc) is 2.70. The van der Waals surface area contributed by atoms with Crippen molar-refractivity contribution in [3.63, 3.8) is 0 Å². The number of hydrogen-bond acceptors (Lipinski definition) is 6. The minimum atomic E-state index is -0.832. The summed E-state index contributed by atoms with van der Waals surface area (Å²) in [5, 5.41) is 9.86. The maximum absolute atomic E-state index is 13.1. The molecule has 0 atom stereocenters. The standard InChI is InChI=1S/C21H16ClN3O4/c1-3-28-21(27)14(12-23)11-17-19(29-16-8-6-15(22)7-9-16)24-18-13(2)5-4-10-25(18)20(17)26/h4-11H,3H2,1-2H3/b14-11+. The molecule has 1 aromatic carbocycles. The lowest BCUT2D eigenvalue weighted by Crippen LogP contribution is -2.20. The molecule has 29 heavy (non-hydrogen) atoms. The predicted octanol–water partition coefficient (Wildman–Crippen LogP) is 3.92. The van der Waals surface area contributed by atoms with Crippen molar-refractivity contribution < 1.29 is 14.3 Å². The topological polar surface area (TPSA) is 93.7 Å². The smallest absolute Gasteiger partial charge is 0.348 e. The van der Waals surface area contributed by atoms with E-state index >= 15 is 0 Å². The van der Waals surface area contributed by atoms with Crippen molar-refractivity contribution in [1.82, 2.24) is 9.38 Å². The zero-order valence-corrected chi connectivity index (χ0v) is 16.4. The van der Waals surface area contributed by atoms with Gasteiger partial charge in [-0.2, -0.15) is 10.2 Å². The zero-order chi connectivity index (χ0) is 21.0. The Kier molecular flexibility index (Phi) is 5.96. The normalized spacial score (nSPS) is 11.2. The molecular weight excluding hydrogens is 394 g/mol. The molecule has 0 aliphatic carbocycles. The van der Waals surface area contributed by atoms with Gasteiger partial charge in [-0.25, -0.2) is 4.79 Å². The van der Waals surface area contributed by atoms with Crippen molar-refractivity contribution in [2.45, 2.75) is 13.8 Å². The number of benzene rings is 1. The largest absolute Gasteiger partial charge is 0.462 e. The van der Waals surface area contributed by atoms with Crippen LogP contribution >= 0.6 is 11.6 Å². The quantitative estimate of drug-likeness (QED) is 0.360. The van der Waals surface area contributed by atoms with Crippen molar-refractivity contribution in [1.29, 1.82) is 5.26 Å². The van der Waals surface area contributed by atoms with Gasteiger partial charge in [-0.15, -0.1) is 0 Å². The number of rotatable bonds is 5. The predicted molar refractivity (Wildman–Crippen MR) is 108 cm³/mol. The lowest BCUT2D eigenvalue weighted by atomic mass is 10.2. The number of hydrogen-bond donors (Lipinski definition) is 0. The van der Waals surface area contributed by atoms with Crippen LogP contribution in [-0.4, -0.2) is 22.0 Å². The summed E-state index contributed by atoms with van der Waals surface area (Å²) in [6.45, 7) is 3.53. The maximum Gasteiger partial charge on any atom is 0.348 e. The van der Waals surface area contributed by atoms with Gasteiger partial charge in [-0.05, 0) is 55.8 Å². The summed E-state index contributed by atoms with van der Waals surface area (Å²) >= 11 is 5.90. The van der Waals surface area contributed by atoms with Crippen LogP contribution in [0, 0.1) is 18.3 Å². The maximum atomic E-state index is 13.1. The van der Waals surface area contributed by atoms with E-state index in [0.29, 0.717) is 16.4 Å². The van der Waals surface area contributed by atoms with E-state index < -0.39 is 11.5 Å². The van der Waals surface area contributed by atoms with E-state index in [1.165, 1.54) is 4.40 Å². The van der Waals surface area contributed by atoms with E-state index in [0.717, 1.165) is 11.6 Å². The van der Waals surface area contributed by atoms with Gasteiger partial charge in [-0.3, -0.25) is 9.20 Å². The molecule has 3 rings (SSSR count). The highest BCUT2D eigenvalue weighted by molar-refractivity contribution is 6.30. The highest BCUT2D eigenvalue weighted by Gasteiger charge is 2.18. The van der Waals surface area contributed by atoms with Crippen LogP contribution in [0.15, 0.2) is 53.0 Å². The molecule has 8 heteroatoms. The molecule has 2 aromatic heterocycles. The Balaban J connectivity index is 2.24. The van der Waals surface area contributed by atoms with Gasteiger partial charge in [0.25, 0.3) is 5.56 Å². The molecule has 0 saturated carbocycles. The SMILES string of the molecule is CCOC(=O)/C(C#N)=C/c1c(Oc2ccc(Cl)cc2)nc2c(C)cccn2c1=O. The molecule has 146 valence electrons. The summed E-state index contributed by atoms with van der Waals surface area (Å²) < 4.78 is 12.0. The fourth-order valence-electron chi connectivity index (χ4n) is 2.60. The second kappa shape index (κ2) is 8.59. The van der Waals surface area contributed by atoms with Crippen LogP contribution < -0.4 is 10.3 Å². The van der Waals surface area contributed by atoms with Gasteiger partial charge in [0.15, 0.2) is 0 Å². The number of nitrogens with zero attached hydrogens (tertiary/aromatic N) is 3. The molecule has 0 amide bonds. The van der Waals surface area contributed by atoms with Crippen molar-refractivity contribution in [3.8, 4) is 17.7 Å². The summed E-state index contributed by atoms with van der Waals surface area (Å²) in [5.41, 5.74) is 0.284. The summed E-state index contributed by atoms with van der Waals surface area (Å²) in [5.74, 6) is -0.478. The van der Waals surface area contributed by atoms with Crippen LogP contribution in [-0.2, 0) is 9.53 Å². The number of fused-ring (bicyclic) bond motifs is 1. The van der Waals surface area contributed by atoms with Gasteiger partial charge < -0.3 is 9.47 Å². The first-order valence-electron chi connectivity index (χ1n) is 8.69. The first-order valence-corrected chi connectivity index (χ1v) is 9.06. The summed E-state index contributed by atoms with van der Waals surface area (Å²) in [6, 6.07) is 11.8. The first kappa shape index (κ1) is 20.1. The molecule has 0 saturated heterocycles. The number of nitriles is 1. The van der Waals surface area contributed by atoms with Crippen molar-refractivity contribution in [3.05, 3.63) is 74.7 Å². The number of carbonyl (C=O) groups is 1. The molecule has 0 bridgehead atoms. The van der Waals surface area contributed by atoms with Crippen molar-refractivity contribution in [2.24, 2.45) is 0 Å². The van der Waals surface area contributed by atoms with E-state index in [9.17, 15) is 14.9 Å². The molecular formula is C21H16ClN3O4. The van der Waals surface area contributed by atoms with E-state index in [1.807, 2.05) is 13.0 Å². The third-order valence-electron chi connectivity index (χ3n) is 3.98. The molecule has 0 aliphatic heterocycles. The van der Waals surface area contributed by atoms with Gasteiger partial charge in [-0.1, -0.05) is 17.7 Å². The molecule has 0 radical (unpaired) electrons. The third kappa shape index (κ3) is 4.28. The van der Waals surface area contributed by atoms with E-state index in [-0.39, 0.29) is 23.6 Å². The fourth-order valence-corrected chi connectivity index (χ4v) is 2.72. The van der Waals surface area contributed by atoms with Gasteiger partial charge in [0.1, 0.15) is 28.6 Å². The highest BCUT2D eigenvalue weighted by atomic mass is 35.5. The summed E-state index contributed by atoms with van der Waals surface area (Å²) in [6.07, 6.45) is 2.69. The van der Waals surface area contributed by atoms with Crippen LogP contribution in [0.1, 0.15) is 18.1 Å². The molecule has 2 heterocycles. The Morgan fingerprint density at radius 2 is 2.03 bits per heavy atom. The highest BCUT2D eigenvalue weighted by Crippen LogP contribution is 2.26. The van der Waals surface area contributed by atoms with Gasteiger partial charge in [0, 0.05) is 11.2 Å². The number of carbonyl (C=O) groups excluding carboxylic acids is 1. The molecule has 0 aliphatic rings. The average molecular weight is 410 g/mol. The molecule has 7 nitrogen and oxygen atoms in total. The minimum Gasteiger partial charge on any atom is -0.462 e. The number of pyridine rings is 1. The lowest BCUT2D eigenvalue weighted by Gasteiger charge is -2.11. The Hall–Kier alpha value is -3.63. The number of aryl methyl sites for hydroxylation is 1. The number of esters is 1. The van der Waals surface area contributed by atoms with Gasteiger partial charge in [0.05, 0.1) is 6.61 Å². The van der Waals surface area contributed by atoms with Gasteiger partial charge in [0.2, 0.25) is 5.88 Å². The first-order chi connectivity index (χ1) is 13.9. The lowest BCUT2D eigenvalue weighted by molar-refractivity contribution is -0.137. The Morgan fingerprint density at radius 1 is 1.31 bits per heavy atom. The van der Waals surface area contributed by atoms with E-state index in [1.54, 1.807) is 49.5 Å².